The summed E-state index contributed by atoms with van der Waals surface area (Å²) in [4.78, 5) is 8.64. The van der Waals surface area contributed by atoms with Crippen molar-refractivity contribution in [2.45, 2.75) is 0 Å². The molecule has 0 spiro atoms. The van der Waals surface area contributed by atoms with Crippen LogP contribution in [0.4, 0.5) is 5.69 Å². The largest absolute Gasteiger partial charge is 0.496 e. The summed E-state index contributed by atoms with van der Waals surface area (Å²) in [5.41, 5.74) is 8.11. The second-order valence-electron chi connectivity index (χ2n) is 3.91. The van der Waals surface area contributed by atoms with Gasteiger partial charge in [0.2, 0.25) is 5.78 Å². The summed E-state index contributed by atoms with van der Waals surface area (Å²) in [6, 6.07) is 7.37. The fraction of sp³-hybridized carbons (Fsp3) is 0.0769. The lowest BCUT2D eigenvalue weighted by atomic mass is 10.1. The molecule has 18 heavy (non-hydrogen) atoms. The molecule has 2 N–H and O–H groups in total. The van der Waals surface area contributed by atoms with Gasteiger partial charge in [-0.1, -0.05) is 0 Å². The summed E-state index contributed by atoms with van der Waals surface area (Å²) in [7, 11) is 1.62. The Balaban J connectivity index is 2.19. The van der Waals surface area contributed by atoms with Gasteiger partial charge in [-0.2, -0.15) is 0 Å². The first-order valence-electron chi connectivity index (χ1n) is 5.51. The van der Waals surface area contributed by atoms with Crippen molar-refractivity contribution in [1.29, 1.82) is 0 Å². The van der Waals surface area contributed by atoms with Gasteiger partial charge in [0, 0.05) is 35.9 Å². The van der Waals surface area contributed by atoms with E-state index in [1.165, 1.54) is 0 Å². The zero-order valence-electron chi connectivity index (χ0n) is 9.87. The van der Waals surface area contributed by atoms with Crippen molar-refractivity contribution in [2.24, 2.45) is 0 Å². The third kappa shape index (κ3) is 1.66. The molecule has 0 radical (unpaired) electrons. The van der Waals surface area contributed by atoms with Gasteiger partial charge in [0.25, 0.3) is 0 Å². The fourth-order valence-electron chi connectivity index (χ4n) is 1.88. The summed E-state index contributed by atoms with van der Waals surface area (Å²) in [5, 5.41) is 0. The highest BCUT2D eigenvalue weighted by molar-refractivity contribution is 5.71. The number of anilines is 1. The molecule has 1 aromatic carbocycles. The predicted molar refractivity (Wildman–Crippen MR) is 69.4 cm³/mol. The van der Waals surface area contributed by atoms with E-state index in [1.54, 1.807) is 19.4 Å². The maximum absolute atomic E-state index is 5.74. The molecule has 0 aliphatic carbocycles. The number of ether oxygens (including phenoxy) is 1. The van der Waals surface area contributed by atoms with Crippen LogP contribution in [0.25, 0.3) is 17.0 Å². The predicted octanol–water partition coefficient (Wildman–Crippen LogP) is 1.99. The van der Waals surface area contributed by atoms with Gasteiger partial charge < -0.3 is 10.5 Å². The average Bonchev–Trinajstić information content (AvgIpc) is 2.82. The van der Waals surface area contributed by atoms with Crippen LogP contribution in [0.5, 0.6) is 5.75 Å². The first kappa shape index (κ1) is 10.6. The molecule has 2 heterocycles. The van der Waals surface area contributed by atoms with Crippen LogP contribution in [-0.2, 0) is 0 Å². The number of rotatable bonds is 2. The van der Waals surface area contributed by atoms with E-state index in [2.05, 4.69) is 9.97 Å². The van der Waals surface area contributed by atoms with E-state index >= 15 is 0 Å². The number of hydrogen-bond acceptors (Lipinski definition) is 4. The first-order chi connectivity index (χ1) is 8.78. The molecule has 90 valence electrons. The minimum Gasteiger partial charge on any atom is -0.496 e. The maximum Gasteiger partial charge on any atom is 0.234 e. The van der Waals surface area contributed by atoms with Gasteiger partial charge in [0.05, 0.1) is 12.8 Å². The molecule has 0 aliphatic rings. The highest BCUT2D eigenvalue weighted by Crippen LogP contribution is 2.30. The standard InChI is InChI=1S/C13H12N4O/c1-18-12-7-9(14)3-4-10(12)11-8-17-6-2-5-15-13(17)16-11/h2-8H,14H2,1H3. The smallest absolute Gasteiger partial charge is 0.234 e. The summed E-state index contributed by atoms with van der Waals surface area (Å²) < 4.78 is 7.19. The molecule has 0 amide bonds. The fourth-order valence-corrected chi connectivity index (χ4v) is 1.88. The molecular formula is C13H12N4O. The SMILES string of the molecule is COc1cc(N)ccc1-c1cn2cccnc2n1. The van der Waals surface area contributed by atoms with Crippen LogP contribution in [-0.4, -0.2) is 21.5 Å². The third-order valence-corrected chi connectivity index (χ3v) is 2.74. The van der Waals surface area contributed by atoms with Crippen molar-refractivity contribution in [3.63, 3.8) is 0 Å². The van der Waals surface area contributed by atoms with Gasteiger partial charge in [-0.05, 0) is 18.2 Å². The van der Waals surface area contributed by atoms with Crippen molar-refractivity contribution in [2.75, 3.05) is 12.8 Å². The normalized spacial score (nSPS) is 10.7. The lowest BCUT2D eigenvalue weighted by molar-refractivity contribution is 0.416. The Morgan fingerprint density at radius 2 is 2.22 bits per heavy atom. The van der Waals surface area contributed by atoms with E-state index in [1.807, 2.05) is 35.0 Å². The summed E-state index contributed by atoms with van der Waals surface area (Å²) in [6.45, 7) is 0. The molecule has 0 bridgehead atoms. The average molecular weight is 240 g/mol. The quantitative estimate of drug-likeness (QED) is 0.696. The van der Waals surface area contributed by atoms with Gasteiger partial charge in [0.1, 0.15) is 5.75 Å². The van der Waals surface area contributed by atoms with E-state index < -0.39 is 0 Å². The lowest BCUT2D eigenvalue weighted by Crippen LogP contribution is -1.91. The second kappa shape index (κ2) is 4.03. The van der Waals surface area contributed by atoms with E-state index in [9.17, 15) is 0 Å². The number of nitrogen functional groups attached to an aromatic ring is 1. The Kier molecular flexibility index (Phi) is 2.37. The van der Waals surface area contributed by atoms with Gasteiger partial charge in [-0.15, -0.1) is 0 Å². The Hall–Kier alpha value is -2.56. The van der Waals surface area contributed by atoms with E-state index in [0.29, 0.717) is 17.2 Å². The van der Waals surface area contributed by atoms with Gasteiger partial charge >= 0.3 is 0 Å². The molecule has 0 unspecified atom stereocenters. The molecular weight excluding hydrogens is 228 g/mol. The van der Waals surface area contributed by atoms with Gasteiger partial charge in [-0.3, -0.25) is 4.40 Å². The number of nitrogens with two attached hydrogens (primary N) is 1. The van der Waals surface area contributed by atoms with E-state index in [-0.39, 0.29) is 0 Å². The third-order valence-electron chi connectivity index (χ3n) is 2.74. The van der Waals surface area contributed by atoms with Crippen molar-refractivity contribution >= 4 is 11.5 Å². The van der Waals surface area contributed by atoms with Gasteiger partial charge in [0.15, 0.2) is 0 Å². The van der Waals surface area contributed by atoms with Gasteiger partial charge in [-0.25, -0.2) is 9.97 Å². The van der Waals surface area contributed by atoms with Crippen LogP contribution in [0.1, 0.15) is 0 Å². The summed E-state index contributed by atoms with van der Waals surface area (Å²) in [5.74, 6) is 1.37. The van der Waals surface area contributed by atoms with Crippen molar-refractivity contribution in [3.8, 4) is 17.0 Å². The van der Waals surface area contributed by atoms with Crippen LogP contribution in [0, 0.1) is 0 Å². The number of nitrogens with zero attached hydrogens (tertiary/aromatic N) is 3. The number of hydrogen-bond donors (Lipinski definition) is 1. The summed E-state index contributed by atoms with van der Waals surface area (Å²) in [6.07, 6.45) is 5.53. The monoisotopic (exact) mass is 240 g/mol. The molecule has 0 atom stereocenters. The second-order valence-corrected chi connectivity index (χ2v) is 3.91. The number of aromatic nitrogens is 3. The number of methoxy groups -OCH3 is 1. The Labute approximate surface area is 104 Å². The molecule has 5 nitrogen and oxygen atoms in total. The minimum atomic E-state index is 0.659. The molecule has 0 aliphatic heterocycles. The number of imidazole rings is 1. The molecule has 0 saturated carbocycles. The zero-order chi connectivity index (χ0) is 12.5. The van der Waals surface area contributed by atoms with Crippen LogP contribution >= 0.6 is 0 Å². The Bertz CT molecular complexity index is 672. The first-order valence-corrected chi connectivity index (χ1v) is 5.51. The van der Waals surface area contributed by atoms with Crippen molar-refractivity contribution in [3.05, 3.63) is 42.9 Å². The summed E-state index contributed by atoms with van der Waals surface area (Å²) >= 11 is 0. The Morgan fingerprint density at radius 3 is 3.00 bits per heavy atom. The highest BCUT2D eigenvalue weighted by Gasteiger charge is 2.10. The number of fused-ring (bicyclic) bond motifs is 1. The number of benzene rings is 1. The van der Waals surface area contributed by atoms with Crippen LogP contribution in [0.15, 0.2) is 42.9 Å². The van der Waals surface area contributed by atoms with Crippen LogP contribution < -0.4 is 10.5 Å². The maximum atomic E-state index is 5.74. The molecule has 0 fully saturated rings. The highest BCUT2D eigenvalue weighted by atomic mass is 16.5. The van der Waals surface area contributed by atoms with Crippen molar-refractivity contribution in [1.82, 2.24) is 14.4 Å². The molecule has 3 rings (SSSR count). The van der Waals surface area contributed by atoms with E-state index in [4.69, 9.17) is 10.5 Å². The van der Waals surface area contributed by atoms with Crippen LogP contribution in [0.3, 0.4) is 0 Å². The molecule has 3 aromatic rings. The molecule has 5 heteroatoms. The minimum absolute atomic E-state index is 0.659. The zero-order valence-corrected chi connectivity index (χ0v) is 9.87. The molecule has 0 saturated heterocycles. The topological polar surface area (TPSA) is 65.4 Å². The molecule has 2 aromatic heterocycles. The lowest BCUT2D eigenvalue weighted by Gasteiger charge is -2.06. The van der Waals surface area contributed by atoms with Crippen LogP contribution in [0.2, 0.25) is 0 Å². The van der Waals surface area contributed by atoms with Crippen molar-refractivity contribution < 1.29 is 4.74 Å². The Morgan fingerprint density at radius 1 is 1.33 bits per heavy atom. The van der Waals surface area contributed by atoms with E-state index in [0.717, 1.165) is 11.3 Å².